The Morgan fingerprint density at radius 1 is 1.85 bits per heavy atom. The molecule has 0 radical (unpaired) electrons. The van der Waals surface area contributed by atoms with Crippen molar-refractivity contribution in [2.75, 3.05) is 7.05 Å². The summed E-state index contributed by atoms with van der Waals surface area (Å²) >= 11 is 0. The molecule has 0 aliphatic carbocycles. The van der Waals surface area contributed by atoms with Gasteiger partial charge < -0.3 is 10.8 Å². The third-order valence-corrected chi connectivity index (χ3v) is 1.82. The van der Waals surface area contributed by atoms with Gasteiger partial charge in [0.05, 0.1) is 7.05 Å². The molecule has 0 aromatic rings. The van der Waals surface area contributed by atoms with Crippen LogP contribution in [-0.4, -0.2) is 35.1 Å². The molecule has 0 fully saturated rings. The van der Waals surface area contributed by atoms with E-state index in [4.69, 9.17) is 10.8 Å². The molecule has 1 aliphatic rings. The SMILES string of the molecule is C[C@@H](N)CC1=C[N+](C)(C(=O)O)C=N1. The van der Waals surface area contributed by atoms with Crippen molar-refractivity contribution >= 4 is 12.4 Å². The summed E-state index contributed by atoms with van der Waals surface area (Å²) in [7, 11) is 1.56. The number of hydrogen-bond acceptors (Lipinski definition) is 3. The van der Waals surface area contributed by atoms with Gasteiger partial charge in [-0.15, -0.1) is 0 Å². The average molecular weight is 184 g/mol. The van der Waals surface area contributed by atoms with Crippen molar-refractivity contribution in [1.29, 1.82) is 0 Å². The zero-order valence-corrected chi connectivity index (χ0v) is 7.77. The highest BCUT2D eigenvalue weighted by molar-refractivity contribution is 5.72. The van der Waals surface area contributed by atoms with Gasteiger partial charge in [0, 0.05) is 12.5 Å². The van der Waals surface area contributed by atoms with Gasteiger partial charge in [-0.3, -0.25) is 0 Å². The Balaban J connectivity index is 2.75. The van der Waals surface area contributed by atoms with E-state index in [1.54, 1.807) is 13.2 Å². The first kappa shape index (κ1) is 9.88. The number of carbonyl (C=O) groups is 1. The van der Waals surface area contributed by atoms with Gasteiger partial charge in [-0.05, 0) is 6.92 Å². The summed E-state index contributed by atoms with van der Waals surface area (Å²) in [5.74, 6) is 0. The van der Waals surface area contributed by atoms with E-state index in [1.165, 1.54) is 6.34 Å². The number of nitrogens with two attached hydrogens (primary N) is 1. The maximum absolute atomic E-state index is 10.8. The first-order valence-corrected chi connectivity index (χ1v) is 4.06. The molecular weight excluding hydrogens is 170 g/mol. The van der Waals surface area contributed by atoms with Crippen LogP contribution in [0.5, 0.6) is 0 Å². The van der Waals surface area contributed by atoms with Crippen LogP contribution in [0.15, 0.2) is 16.9 Å². The predicted molar refractivity (Wildman–Crippen MR) is 49.1 cm³/mol. The number of hydrogen-bond donors (Lipinski definition) is 2. The average Bonchev–Trinajstić information content (AvgIpc) is 2.32. The molecule has 0 saturated heterocycles. The summed E-state index contributed by atoms with van der Waals surface area (Å²) in [5, 5.41) is 8.83. The Bertz CT molecular complexity index is 283. The Morgan fingerprint density at radius 3 is 2.85 bits per heavy atom. The summed E-state index contributed by atoms with van der Waals surface area (Å²) in [6, 6.07) is 0.00347. The van der Waals surface area contributed by atoms with E-state index in [0.717, 1.165) is 5.70 Å². The van der Waals surface area contributed by atoms with Crippen molar-refractivity contribution < 1.29 is 14.4 Å². The van der Waals surface area contributed by atoms with Crippen molar-refractivity contribution in [3.8, 4) is 0 Å². The van der Waals surface area contributed by atoms with Crippen LogP contribution < -0.4 is 5.73 Å². The van der Waals surface area contributed by atoms with E-state index in [2.05, 4.69) is 4.99 Å². The van der Waals surface area contributed by atoms with Crippen LogP contribution in [0.4, 0.5) is 4.79 Å². The Kier molecular flexibility index (Phi) is 2.49. The molecule has 1 heterocycles. The highest BCUT2D eigenvalue weighted by Gasteiger charge is 2.32. The normalized spacial score (nSPS) is 28.7. The maximum atomic E-state index is 10.8. The van der Waals surface area contributed by atoms with Crippen LogP contribution in [0.2, 0.25) is 0 Å². The standard InChI is InChI=1S/C8H13N3O2/c1-6(9)3-7-4-11(2,5-10-7)8(12)13/h4-6H,3,9H2,1-2H3/p+1/t6-,11?/m1/s1. The van der Waals surface area contributed by atoms with Crippen LogP contribution in [0.3, 0.4) is 0 Å². The molecule has 5 nitrogen and oxygen atoms in total. The first-order chi connectivity index (χ1) is 5.94. The van der Waals surface area contributed by atoms with E-state index in [1.807, 2.05) is 6.92 Å². The van der Waals surface area contributed by atoms with Crippen LogP contribution in [0.1, 0.15) is 13.3 Å². The van der Waals surface area contributed by atoms with Crippen molar-refractivity contribution in [3.63, 3.8) is 0 Å². The van der Waals surface area contributed by atoms with Gasteiger partial charge in [0.2, 0.25) is 6.34 Å². The number of aliphatic imine (C=N–C) groups is 1. The lowest BCUT2D eigenvalue weighted by molar-refractivity contribution is -0.675. The number of carboxylic acid groups (broad SMARTS) is 1. The monoisotopic (exact) mass is 184 g/mol. The number of nitrogens with zero attached hydrogens (tertiary/aromatic N) is 2. The lowest BCUT2D eigenvalue weighted by atomic mass is 10.2. The van der Waals surface area contributed by atoms with Gasteiger partial charge in [0.25, 0.3) is 0 Å². The molecule has 72 valence electrons. The van der Waals surface area contributed by atoms with E-state index in [-0.39, 0.29) is 10.5 Å². The second-order valence-electron chi connectivity index (χ2n) is 3.48. The molecule has 2 atom stereocenters. The summed E-state index contributed by atoms with van der Waals surface area (Å²) in [5.41, 5.74) is 6.30. The minimum atomic E-state index is -0.941. The Labute approximate surface area is 76.8 Å². The fourth-order valence-corrected chi connectivity index (χ4v) is 1.11. The van der Waals surface area contributed by atoms with E-state index in [0.29, 0.717) is 6.42 Å². The van der Waals surface area contributed by atoms with Gasteiger partial charge in [0.1, 0.15) is 11.9 Å². The Hall–Kier alpha value is -1.20. The fourth-order valence-electron chi connectivity index (χ4n) is 1.11. The molecule has 0 saturated carbocycles. The first-order valence-electron chi connectivity index (χ1n) is 4.06. The minimum Gasteiger partial charge on any atom is -0.435 e. The fraction of sp³-hybridized carbons (Fsp3) is 0.500. The quantitative estimate of drug-likeness (QED) is 0.621. The minimum absolute atomic E-state index is 0.00347. The zero-order chi connectivity index (χ0) is 10.1. The lowest BCUT2D eigenvalue weighted by Gasteiger charge is -2.12. The largest absolute Gasteiger partial charge is 0.524 e. The van der Waals surface area contributed by atoms with Crippen molar-refractivity contribution in [2.45, 2.75) is 19.4 Å². The molecule has 0 aromatic heterocycles. The highest BCUT2D eigenvalue weighted by atomic mass is 16.4. The highest BCUT2D eigenvalue weighted by Crippen LogP contribution is 2.17. The predicted octanol–water partition coefficient (Wildman–Crippen LogP) is 0.732. The molecule has 5 heteroatoms. The number of rotatable bonds is 2. The van der Waals surface area contributed by atoms with Gasteiger partial charge in [-0.25, -0.2) is 4.99 Å². The third-order valence-electron chi connectivity index (χ3n) is 1.82. The second-order valence-corrected chi connectivity index (χ2v) is 3.48. The van der Waals surface area contributed by atoms with Crippen molar-refractivity contribution in [3.05, 3.63) is 11.9 Å². The molecule has 0 bridgehead atoms. The molecule has 13 heavy (non-hydrogen) atoms. The number of quaternary nitrogens is 1. The van der Waals surface area contributed by atoms with Gasteiger partial charge in [-0.2, -0.15) is 9.28 Å². The lowest BCUT2D eigenvalue weighted by Crippen LogP contribution is -2.40. The molecule has 1 amide bonds. The topological polar surface area (TPSA) is 75.7 Å². The van der Waals surface area contributed by atoms with E-state index in [9.17, 15) is 4.79 Å². The van der Waals surface area contributed by atoms with Gasteiger partial charge in [-0.1, -0.05) is 0 Å². The molecule has 0 spiro atoms. The van der Waals surface area contributed by atoms with Gasteiger partial charge >= 0.3 is 6.09 Å². The van der Waals surface area contributed by atoms with Crippen LogP contribution in [0, 0.1) is 0 Å². The molecule has 3 N–H and O–H groups in total. The molecule has 0 aromatic carbocycles. The molecule has 1 aliphatic heterocycles. The number of amides is 1. The molecular formula is C8H14N3O2+. The summed E-state index contributed by atoms with van der Waals surface area (Å²) in [6.07, 6.45) is 2.65. The van der Waals surface area contributed by atoms with Crippen molar-refractivity contribution in [1.82, 2.24) is 0 Å². The molecule has 1 rings (SSSR count). The Morgan fingerprint density at radius 2 is 2.46 bits per heavy atom. The van der Waals surface area contributed by atoms with Crippen LogP contribution >= 0.6 is 0 Å². The molecule has 1 unspecified atom stereocenters. The smallest absolute Gasteiger partial charge is 0.435 e. The van der Waals surface area contributed by atoms with Gasteiger partial charge in [0.15, 0.2) is 0 Å². The zero-order valence-electron chi connectivity index (χ0n) is 7.77. The second kappa shape index (κ2) is 3.27. The summed E-state index contributed by atoms with van der Waals surface area (Å²) in [4.78, 5) is 14.8. The summed E-state index contributed by atoms with van der Waals surface area (Å²) < 4.78 is -0.290. The van der Waals surface area contributed by atoms with Crippen LogP contribution in [0.25, 0.3) is 0 Å². The van der Waals surface area contributed by atoms with E-state index >= 15 is 0 Å². The third kappa shape index (κ3) is 2.13. The van der Waals surface area contributed by atoms with E-state index < -0.39 is 6.09 Å². The maximum Gasteiger partial charge on any atom is 0.524 e. The summed E-state index contributed by atoms with van der Waals surface area (Å²) in [6.45, 7) is 1.86. The van der Waals surface area contributed by atoms with Crippen molar-refractivity contribution in [2.24, 2.45) is 10.7 Å². The van der Waals surface area contributed by atoms with Crippen LogP contribution in [-0.2, 0) is 0 Å².